The molecule has 1 saturated heterocycles. The van der Waals surface area contributed by atoms with Crippen LogP contribution in [0.2, 0.25) is 0 Å². The topological polar surface area (TPSA) is 134 Å². The minimum atomic E-state index is -0.774. The number of ether oxygens (including phenoxy) is 2. The van der Waals surface area contributed by atoms with Crippen molar-refractivity contribution in [3.8, 4) is 22.7 Å². The molecule has 10 nitrogen and oxygen atoms in total. The van der Waals surface area contributed by atoms with Gasteiger partial charge in [0.1, 0.15) is 24.2 Å². The van der Waals surface area contributed by atoms with Crippen LogP contribution in [0.5, 0.6) is 0 Å². The fourth-order valence-electron chi connectivity index (χ4n) is 3.11. The van der Waals surface area contributed by atoms with E-state index in [0.717, 1.165) is 0 Å². The number of anilines is 1. The smallest absolute Gasteiger partial charge is 0.414 e. The second-order valence-corrected chi connectivity index (χ2v) is 7.26. The zero-order valence-electron chi connectivity index (χ0n) is 17.3. The van der Waals surface area contributed by atoms with Gasteiger partial charge in [-0.1, -0.05) is 6.07 Å². The zero-order valence-corrected chi connectivity index (χ0v) is 17.3. The molecule has 11 heteroatoms. The summed E-state index contributed by atoms with van der Waals surface area (Å²) in [6.07, 6.45) is 0.178. The lowest BCUT2D eigenvalue weighted by Crippen LogP contribution is -2.32. The summed E-state index contributed by atoms with van der Waals surface area (Å²) >= 11 is 0. The molecule has 32 heavy (non-hydrogen) atoms. The van der Waals surface area contributed by atoms with Crippen LogP contribution in [-0.4, -0.2) is 52.5 Å². The van der Waals surface area contributed by atoms with Crippen LogP contribution in [0.1, 0.15) is 12.8 Å². The number of carbonyl (C=O) groups excluding carboxylic acids is 2. The Bertz CT molecular complexity index is 1150. The Morgan fingerprint density at radius 3 is 2.78 bits per heavy atom. The SMILES string of the molecule is Cc1nnc(-c2ccc(-c3ccc(N4C[C@H](COC(=O)[C@H](C)N)OC4=O)cc3F)cn2)o1. The van der Waals surface area contributed by atoms with Gasteiger partial charge < -0.3 is 19.6 Å². The van der Waals surface area contributed by atoms with Crippen molar-refractivity contribution in [2.75, 3.05) is 18.1 Å². The number of aromatic nitrogens is 3. The maximum Gasteiger partial charge on any atom is 0.414 e. The van der Waals surface area contributed by atoms with Crippen LogP contribution >= 0.6 is 0 Å². The van der Waals surface area contributed by atoms with Gasteiger partial charge in [-0.25, -0.2) is 9.18 Å². The Morgan fingerprint density at radius 1 is 1.34 bits per heavy atom. The number of rotatable bonds is 6. The fourth-order valence-corrected chi connectivity index (χ4v) is 3.11. The van der Waals surface area contributed by atoms with E-state index in [0.29, 0.717) is 28.4 Å². The molecule has 2 aromatic heterocycles. The average molecular weight is 441 g/mol. The van der Waals surface area contributed by atoms with E-state index in [9.17, 15) is 14.0 Å². The molecule has 4 rings (SSSR count). The maximum atomic E-state index is 14.9. The van der Waals surface area contributed by atoms with Gasteiger partial charge in [-0.2, -0.15) is 0 Å². The molecule has 1 aliphatic heterocycles. The van der Waals surface area contributed by atoms with Crippen LogP contribution in [0.3, 0.4) is 0 Å². The Labute approximate surface area is 182 Å². The van der Waals surface area contributed by atoms with Crippen molar-refractivity contribution < 1.29 is 27.9 Å². The molecule has 166 valence electrons. The van der Waals surface area contributed by atoms with Gasteiger partial charge in [-0.15, -0.1) is 10.2 Å². The average Bonchev–Trinajstić information content (AvgIpc) is 3.37. The number of carbonyl (C=O) groups is 2. The molecule has 3 aromatic rings. The first kappa shape index (κ1) is 21.4. The predicted molar refractivity (Wildman–Crippen MR) is 110 cm³/mol. The summed E-state index contributed by atoms with van der Waals surface area (Å²) in [6.45, 7) is 3.16. The van der Waals surface area contributed by atoms with Crippen LogP contribution in [0, 0.1) is 12.7 Å². The lowest BCUT2D eigenvalue weighted by Gasteiger charge is -2.14. The molecule has 2 N–H and O–H groups in total. The number of cyclic esters (lactones) is 1. The Morgan fingerprint density at radius 2 is 2.16 bits per heavy atom. The number of amides is 1. The fraction of sp³-hybridized carbons (Fsp3) is 0.286. The Kier molecular flexibility index (Phi) is 5.82. The summed E-state index contributed by atoms with van der Waals surface area (Å²) < 4.78 is 30.4. The maximum absolute atomic E-state index is 14.9. The molecular formula is C21H20FN5O5. The highest BCUT2D eigenvalue weighted by Crippen LogP contribution is 2.29. The molecule has 0 aliphatic carbocycles. The summed E-state index contributed by atoms with van der Waals surface area (Å²) in [6, 6.07) is 6.96. The number of nitrogens with two attached hydrogens (primary N) is 1. The number of aryl methyl sites for hydroxylation is 1. The van der Waals surface area contributed by atoms with Crippen molar-refractivity contribution in [2.45, 2.75) is 26.0 Å². The molecule has 3 heterocycles. The molecule has 1 aliphatic rings. The largest absolute Gasteiger partial charge is 0.461 e. The van der Waals surface area contributed by atoms with E-state index in [1.807, 2.05) is 0 Å². The highest BCUT2D eigenvalue weighted by Gasteiger charge is 2.33. The first-order chi connectivity index (χ1) is 15.3. The van der Waals surface area contributed by atoms with Crippen molar-refractivity contribution in [3.05, 3.63) is 48.2 Å². The quantitative estimate of drug-likeness (QED) is 0.573. The summed E-state index contributed by atoms with van der Waals surface area (Å²) in [5.41, 5.74) is 7.08. The Balaban J connectivity index is 1.46. The van der Waals surface area contributed by atoms with E-state index in [2.05, 4.69) is 15.2 Å². The monoisotopic (exact) mass is 441 g/mol. The van der Waals surface area contributed by atoms with Gasteiger partial charge in [-0.05, 0) is 31.2 Å². The van der Waals surface area contributed by atoms with Gasteiger partial charge in [-0.3, -0.25) is 14.7 Å². The van der Waals surface area contributed by atoms with Gasteiger partial charge in [0.25, 0.3) is 5.89 Å². The van der Waals surface area contributed by atoms with E-state index in [-0.39, 0.29) is 19.0 Å². The van der Waals surface area contributed by atoms with Gasteiger partial charge in [0, 0.05) is 24.2 Å². The van der Waals surface area contributed by atoms with E-state index < -0.39 is 30.0 Å². The Hall–Kier alpha value is -3.86. The molecule has 0 spiro atoms. The predicted octanol–water partition coefficient (Wildman–Crippen LogP) is 2.46. The highest BCUT2D eigenvalue weighted by atomic mass is 19.1. The first-order valence-corrected chi connectivity index (χ1v) is 9.78. The first-order valence-electron chi connectivity index (χ1n) is 9.78. The number of hydrogen-bond acceptors (Lipinski definition) is 9. The minimum Gasteiger partial charge on any atom is -0.461 e. The zero-order chi connectivity index (χ0) is 22.8. The van der Waals surface area contributed by atoms with Crippen molar-refractivity contribution >= 4 is 17.7 Å². The third kappa shape index (κ3) is 4.42. The standard InChI is InChI=1S/C21H20FN5O5/c1-11(23)20(28)30-10-15-9-27(21(29)32-15)14-4-5-16(17(22)7-14)13-3-6-18(24-8-13)19-26-25-12(2)31-19/h3-8,11,15H,9-10,23H2,1-2H3/t11-,15+/m0/s1. The van der Waals surface area contributed by atoms with E-state index >= 15 is 0 Å². The van der Waals surface area contributed by atoms with Crippen LogP contribution < -0.4 is 10.6 Å². The molecular weight excluding hydrogens is 421 g/mol. The second kappa shape index (κ2) is 8.71. The van der Waals surface area contributed by atoms with E-state index in [1.165, 1.54) is 24.1 Å². The molecule has 0 bridgehead atoms. The molecule has 1 aromatic carbocycles. The lowest BCUT2D eigenvalue weighted by molar-refractivity contribution is -0.147. The number of pyridine rings is 1. The van der Waals surface area contributed by atoms with Crippen molar-refractivity contribution in [2.24, 2.45) is 5.73 Å². The summed E-state index contributed by atoms with van der Waals surface area (Å²) in [5.74, 6) is -0.435. The molecule has 0 saturated carbocycles. The molecule has 1 amide bonds. The summed E-state index contributed by atoms with van der Waals surface area (Å²) in [7, 11) is 0. The van der Waals surface area contributed by atoms with E-state index in [4.69, 9.17) is 19.6 Å². The van der Waals surface area contributed by atoms with E-state index in [1.54, 1.807) is 31.2 Å². The normalized spacial score (nSPS) is 16.7. The van der Waals surface area contributed by atoms with Crippen molar-refractivity contribution in [1.29, 1.82) is 0 Å². The summed E-state index contributed by atoms with van der Waals surface area (Å²) in [5, 5.41) is 7.65. The molecule has 1 fully saturated rings. The van der Waals surface area contributed by atoms with Crippen molar-refractivity contribution in [1.82, 2.24) is 15.2 Å². The van der Waals surface area contributed by atoms with Gasteiger partial charge in [0.05, 0.1) is 12.2 Å². The number of hydrogen-bond donors (Lipinski definition) is 1. The number of nitrogens with zero attached hydrogens (tertiary/aromatic N) is 4. The summed E-state index contributed by atoms with van der Waals surface area (Å²) in [4.78, 5) is 29.2. The lowest BCUT2D eigenvalue weighted by atomic mass is 10.1. The third-order valence-corrected chi connectivity index (χ3v) is 4.74. The van der Waals surface area contributed by atoms with Crippen LogP contribution in [-0.2, 0) is 14.3 Å². The molecule has 0 unspecified atom stereocenters. The minimum absolute atomic E-state index is 0.115. The molecule has 0 radical (unpaired) electrons. The van der Waals surface area contributed by atoms with Crippen LogP contribution in [0.4, 0.5) is 14.9 Å². The van der Waals surface area contributed by atoms with Crippen LogP contribution in [0.15, 0.2) is 40.9 Å². The van der Waals surface area contributed by atoms with Crippen LogP contribution in [0.25, 0.3) is 22.7 Å². The number of esters is 1. The number of benzene rings is 1. The van der Waals surface area contributed by atoms with Gasteiger partial charge in [0.2, 0.25) is 5.89 Å². The van der Waals surface area contributed by atoms with Crippen molar-refractivity contribution in [3.63, 3.8) is 0 Å². The third-order valence-electron chi connectivity index (χ3n) is 4.74. The van der Waals surface area contributed by atoms with Gasteiger partial charge >= 0.3 is 12.1 Å². The molecule has 2 atom stereocenters. The number of halogens is 1. The van der Waals surface area contributed by atoms with Gasteiger partial charge in [0.15, 0.2) is 6.10 Å². The second-order valence-electron chi connectivity index (χ2n) is 7.26. The highest BCUT2D eigenvalue weighted by molar-refractivity contribution is 5.90.